The SMILES string of the molecule is CC1(C)CCO[C](c2ccccc2)O1. The fourth-order valence-corrected chi connectivity index (χ4v) is 1.44. The molecule has 14 heavy (non-hydrogen) atoms. The van der Waals surface area contributed by atoms with Gasteiger partial charge < -0.3 is 9.47 Å². The van der Waals surface area contributed by atoms with Crippen LogP contribution in [0.3, 0.4) is 0 Å². The Labute approximate surface area is 84.8 Å². The Morgan fingerprint density at radius 3 is 2.50 bits per heavy atom. The van der Waals surface area contributed by atoms with Gasteiger partial charge in [0, 0.05) is 5.56 Å². The van der Waals surface area contributed by atoms with Crippen molar-refractivity contribution < 1.29 is 9.47 Å². The number of rotatable bonds is 1. The van der Waals surface area contributed by atoms with Gasteiger partial charge in [-0.2, -0.15) is 0 Å². The van der Waals surface area contributed by atoms with Crippen LogP contribution in [-0.4, -0.2) is 12.2 Å². The molecule has 75 valence electrons. The number of hydrogen-bond acceptors (Lipinski definition) is 2. The third-order valence-electron chi connectivity index (χ3n) is 2.32. The summed E-state index contributed by atoms with van der Waals surface area (Å²) in [6.45, 7) is 4.90. The van der Waals surface area contributed by atoms with Crippen LogP contribution in [0.15, 0.2) is 30.3 Å². The zero-order valence-corrected chi connectivity index (χ0v) is 8.62. The molecular formula is C12H15O2. The van der Waals surface area contributed by atoms with E-state index in [4.69, 9.17) is 9.47 Å². The Morgan fingerprint density at radius 1 is 1.14 bits per heavy atom. The third-order valence-corrected chi connectivity index (χ3v) is 2.32. The maximum atomic E-state index is 5.75. The van der Waals surface area contributed by atoms with Crippen molar-refractivity contribution in [3.05, 3.63) is 42.2 Å². The second-order valence-electron chi connectivity index (χ2n) is 4.11. The lowest BCUT2D eigenvalue weighted by Gasteiger charge is -2.34. The van der Waals surface area contributed by atoms with E-state index in [1.165, 1.54) is 0 Å². The van der Waals surface area contributed by atoms with E-state index >= 15 is 0 Å². The molecule has 2 nitrogen and oxygen atoms in total. The van der Waals surface area contributed by atoms with E-state index in [1.807, 2.05) is 30.3 Å². The Balaban J connectivity index is 2.12. The summed E-state index contributed by atoms with van der Waals surface area (Å²) in [6.07, 6.45) is 1.59. The molecule has 0 saturated carbocycles. The van der Waals surface area contributed by atoms with Crippen molar-refractivity contribution in [1.82, 2.24) is 0 Å². The van der Waals surface area contributed by atoms with Crippen LogP contribution >= 0.6 is 0 Å². The Bertz CT molecular complexity index is 292. The molecule has 0 aromatic heterocycles. The van der Waals surface area contributed by atoms with Gasteiger partial charge in [-0.15, -0.1) is 0 Å². The van der Waals surface area contributed by atoms with Gasteiger partial charge in [-0.25, -0.2) is 0 Å². The maximum absolute atomic E-state index is 5.75. The van der Waals surface area contributed by atoms with Crippen LogP contribution in [0.2, 0.25) is 0 Å². The molecule has 1 radical (unpaired) electrons. The van der Waals surface area contributed by atoms with Crippen molar-refractivity contribution >= 4 is 0 Å². The van der Waals surface area contributed by atoms with E-state index in [9.17, 15) is 0 Å². The maximum Gasteiger partial charge on any atom is 0.256 e. The number of hydrogen-bond donors (Lipinski definition) is 0. The molecule has 2 rings (SSSR count). The minimum Gasteiger partial charge on any atom is -0.341 e. The van der Waals surface area contributed by atoms with Crippen molar-refractivity contribution in [2.45, 2.75) is 25.9 Å². The fourth-order valence-electron chi connectivity index (χ4n) is 1.44. The Kier molecular flexibility index (Phi) is 2.57. The molecule has 0 bridgehead atoms. The van der Waals surface area contributed by atoms with Gasteiger partial charge in [-0.3, -0.25) is 0 Å². The molecule has 1 aromatic carbocycles. The first kappa shape index (κ1) is 9.69. The first-order valence-corrected chi connectivity index (χ1v) is 4.92. The van der Waals surface area contributed by atoms with E-state index in [0.29, 0.717) is 6.29 Å². The summed E-state index contributed by atoms with van der Waals surface area (Å²) >= 11 is 0. The summed E-state index contributed by atoms with van der Waals surface area (Å²) in [7, 11) is 0. The predicted molar refractivity (Wildman–Crippen MR) is 54.5 cm³/mol. The summed E-state index contributed by atoms with van der Waals surface area (Å²) in [5.41, 5.74) is 0.906. The molecule has 0 unspecified atom stereocenters. The highest BCUT2D eigenvalue weighted by Gasteiger charge is 2.31. The van der Waals surface area contributed by atoms with Gasteiger partial charge in [0.1, 0.15) is 0 Å². The van der Waals surface area contributed by atoms with E-state index in [0.717, 1.165) is 18.6 Å². The van der Waals surface area contributed by atoms with Crippen molar-refractivity contribution in [3.8, 4) is 0 Å². The van der Waals surface area contributed by atoms with Crippen molar-refractivity contribution in [2.75, 3.05) is 6.61 Å². The molecule has 0 atom stereocenters. The normalized spacial score (nSPS) is 22.1. The van der Waals surface area contributed by atoms with Crippen molar-refractivity contribution in [3.63, 3.8) is 0 Å². The molecule has 0 aliphatic carbocycles. The quantitative estimate of drug-likeness (QED) is 0.679. The number of ether oxygens (including phenoxy) is 2. The minimum absolute atomic E-state index is 0.108. The zero-order chi connectivity index (χ0) is 10.0. The van der Waals surface area contributed by atoms with Crippen molar-refractivity contribution in [1.29, 1.82) is 0 Å². The molecule has 0 N–H and O–H groups in total. The highest BCUT2D eigenvalue weighted by atomic mass is 16.7. The average molecular weight is 191 g/mol. The van der Waals surface area contributed by atoms with E-state index in [2.05, 4.69) is 13.8 Å². The van der Waals surface area contributed by atoms with Crippen LogP contribution in [0.25, 0.3) is 0 Å². The van der Waals surface area contributed by atoms with Gasteiger partial charge in [0.2, 0.25) is 0 Å². The van der Waals surface area contributed by atoms with Crippen LogP contribution in [0.4, 0.5) is 0 Å². The van der Waals surface area contributed by atoms with Crippen LogP contribution in [0.5, 0.6) is 0 Å². The Morgan fingerprint density at radius 2 is 1.86 bits per heavy atom. The van der Waals surface area contributed by atoms with E-state index in [-0.39, 0.29) is 5.60 Å². The van der Waals surface area contributed by atoms with Gasteiger partial charge in [0.05, 0.1) is 12.2 Å². The highest BCUT2D eigenvalue weighted by Crippen LogP contribution is 2.31. The molecule has 1 heterocycles. The third kappa shape index (κ3) is 2.14. The van der Waals surface area contributed by atoms with Crippen LogP contribution in [0, 0.1) is 6.29 Å². The second-order valence-corrected chi connectivity index (χ2v) is 4.11. The molecule has 0 spiro atoms. The molecule has 1 aromatic rings. The molecule has 1 aliphatic rings. The van der Waals surface area contributed by atoms with Gasteiger partial charge in [-0.1, -0.05) is 30.3 Å². The topological polar surface area (TPSA) is 18.5 Å². The predicted octanol–water partition coefficient (Wildman–Crippen LogP) is 2.74. The standard InChI is InChI=1S/C12H15O2/c1-12(2)8-9-13-11(14-12)10-6-4-3-5-7-10/h3-7H,8-9H2,1-2H3. The van der Waals surface area contributed by atoms with Crippen LogP contribution in [0.1, 0.15) is 25.8 Å². The summed E-state index contributed by atoms with van der Waals surface area (Å²) in [6, 6.07) is 9.94. The summed E-state index contributed by atoms with van der Waals surface area (Å²) in [5.74, 6) is 0. The molecular weight excluding hydrogens is 176 g/mol. The van der Waals surface area contributed by atoms with Crippen molar-refractivity contribution in [2.24, 2.45) is 0 Å². The zero-order valence-electron chi connectivity index (χ0n) is 8.62. The molecule has 1 saturated heterocycles. The molecule has 1 aliphatic heterocycles. The van der Waals surface area contributed by atoms with Crippen LogP contribution < -0.4 is 0 Å². The fraction of sp³-hybridized carbons (Fsp3) is 0.417. The molecule has 1 fully saturated rings. The monoisotopic (exact) mass is 191 g/mol. The van der Waals surface area contributed by atoms with Gasteiger partial charge in [0.15, 0.2) is 0 Å². The van der Waals surface area contributed by atoms with Gasteiger partial charge >= 0.3 is 0 Å². The van der Waals surface area contributed by atoms with Gasteiger partial charge in [-0.05, 0) is 20.3 Å². The van der Waals surface area contributed by atoms with Crippen LogP contribution in [-0.2, 0) is 9.47 Å². The summed E-state index contributed by atoms with van der Waals surface area (Å²) < 4.78 is 11.2. The molecule has 2 heteroatoms. The lowest BCUT2D eigenvalue weighted by Crippen LogP contribution is -2.35. The first-order chi connectivity index (χ1) is 6.67. The average Bonchev–Trinajstić information content (AvgIpc) is 2.18. The van der Waals surface area contributed by atoms with Gasteiger partial charge in [0.25, 0.3) is 6.29 Å². The molecule has 0 amide bonds. The minimum atomic E-state index is -0.108. The van der Waals surface area contributed by atoms with E-state index in [1.54, 1.807) is 0 Å². The lowest BCUT2D eigenvalue weighted by molar-refractivity contribution is -0.155. The Hall–Kier alpha value is -0.860. The summed E-state index contributed by atoms with van der Waals surface area (Å²) in [4.78, 5) is 0. The largest absolute Gasteiger partial charge is 0.341 e. The smallest absolute Gasteiger partial charge is 0.256 e. The number of benzene rings is 1. The first-order valence-electron chi connectivity index (χ1n) is 4.92. The second kappa shape index (κ2) is 3.71. The summed E-state index contributed by atoms with van der Waals surface area (Å²) in [5, 5.41) is 0. The lowest BCUT2D eigenvalue weighted by atomic mass is 10.0. The highest BCUT2D eigenvalue weighted by molar-refractivity contribution is 5.24. The van der Waals surface area contributed by atoms with E-state index < -0.39 is 0 Å².